The Bertz CT molecular complexity index is 423. The number of hydrogen-bond donors (Lipinski definition) is 2. The van der Waals surface area contributed by atoms with Crippen LogP contribution in [0.2, 0.25) is 0 Å². The van der Waals surface area contributed by atoms with Crippen LogP contribution in [0.25, 0.3) is 0 Å². The zero-order valence-electron chi connectivity index (χ0n) is 10.4. The van der Waals surface area contributed by atoms with Crippen molar-refractivity contribution in [3.05, 3.63) is 11.6 Å². The Morgan fingerprint density at radius 2 is 2.24 bits per heavy atom. The fourth-order valence-corrected chi connectivity index (χ4v) is 1.44. The van der Waals surface area contributed by atoms with Crippen LogP contribution >= 0.6 is 0 Å². The monoisotopic (exact) mass is 238 g/mol. The zero-order chi connectivity index (χ0) is 12.6. The van der Waals surface area contributed by atoms with E-state index < -0.39 is 5.54 Å². The number of likely N-dealkylation sites (N-methyl/N-ethyl adjacent to an activating group) is 1. The van der Waals surface area contributed by atoms with E-state index in [1.165, 1.54) is 4.90 Å². The van der Waals surface area contributed by atoms with Crippen LogP contribution in [0.5, 0.6) is 0 Å². The summed E-state index contributed by atoms with van der Waals surface area (Å²) in [5.74, 6) is 1.15. The molecule has 0 bridgehead atoms. The molecule has 1 aliphatic rings. The van der Waals surface area contributed by atoms with Crippen LogP contribution in [-0.2, 0) is 0 Å². The van der Waals surface area contributed by atoms with Crippen molar-refractivity contribution >= 4 is 5.91 Å². The molecule has 0 spiro atoms. The third-order valence-electron chi connectivity index (χ3n) is 3.26. The average molecular weight is 238 g/mol. The lowest BCUT2D eigenvalue weighted by molar-refractivity contribution is 0.0462. The van der Waals surface area contributed by atoms with Crippen molar-refractivity contribution < 1.29 is 9.90 Å². The summed E-state index contributed by atoms with van der Waals surface area (Å²) in [6.45, 7) is 3.48. The minimum atomic E-state index is -0.614. The van der Waals surface area contributed by atoms with Gasteiger partial charge in [-0.05, 0) is 26.7 Å². The molecule has 2 N–H and O–H groups in total. The number of rotatable bonds is 4. The van der Waals surface area contributed by atoms with Crippen LogP contribution in [0, 0.1) is 0 Å². The first-order valence-corrected chi connectivity index (χ1v) is 5.77. The molecule has 2 rings (SSSR count). The summed E-state index contributed by atoms with van der Waals surface area (Å²) in [4.78, 5) is 17.7. The third kappa shape index (κ3) is 2.31. The molecule has 0 radical (unpaired) electrons. The minimum absolute atomic E-state index is 0.102. The van der Waals surface area contributed by atoms with Crippen LogP contribution in [-0.4, -0.2) is 50.3 Å². The first-order chi connectivity index (χ1) is 7.95. The van der Waals surface area contributed by atoms with Gasteiger partial charge in [-0.1, -0.05) is 0 Å². The Labute approximate surface area is 100 Å². The van der Waals surface area contributed by atoms with E-state index >= 15 is 0 Å². The Morgan fingerprint density at radius 3 is 2.76 bits per heavy atom. The standard InChI is InChI=1S/C11H18N4O2/c1-11(2,6-16)15(3)10(17)9-12-8(13-14-9)7-4-5-7/h7,16H,4-6H2,1-3H3,(H,12,13,14). The van der Waals surface area contributed by atoms with Crippen molar-refractivity contribution in [1.82, 2.24) is 20.1 Å². The van der Waals surface area contributed by atoms with Gasteiger partial charge in [0.2, 0.25) is 5.82 Å². The van der Waals surface area contributed by atoms with E-state index in [4.69, 9.17) is 0 Å². The van der Waals surface area contributed by atoms with Gasteiger partial charge in [-0.25, -0.2) is 4.98 Å². The van der Waals surface area contributed by atoms with Gasteiger partial charge in [0.15, 0.2) is 0 Å². The summed E-state index contributed by atoms with van der Waals surface area (Å²) >= 11 is 0. The topological polar surface area (TPSA) is 82.1 Å². The quantitative estimate of drug-likeness (QED) is 0.801. The highest BCUT2D eigenvalue weighted by molar-refractivity contribution is 5.90. The van der Waals surface area contributed by atoms with Gasteiger partial charge in [0.05, 0.1) is 12.1 Å². The maximum atomic E-state index is 12.1. The average Bonchev–Trinajstić information content (AvgIpc) is 3.05. The molecule has 1 fully saturated rings. The summed E-state index contributed by atoms with van der Waals surface area (Å²) in [7, 11) is 1.64. The van der Waals surface area contributed by atoms with E-state index in [0.29, 0.717) is 5.92 Å². The number of nitrogens with zero attached hydrogens (tertiary/aromatic N) is 3. The highest BCUT2D eigenvalue weighted by Crippen LogP contribution is 2.37. The molecular formula is C11H18N4O2. The molecule has 1 aromatic rings. The highest BCUT2D eigenvalue weighted by atomic mass is 16.3. The van der Waals surface area contributed by atoms with Crippen LogP contribution in [0.1, 0.15) is 49.1 Å². The predicted molar refractivity (Wildman–Crippen MR) is 61.6 cm³/mol. The van der Waals surface area contributed by atoms with Gasteiger partial charge in [-0.2, -0.15) is 0 Å². The first-order valence-electron chi connectivity index (χ1n) is 5.77. The molecular weight excluding hydrogens is 220 g/mol. The molecule has 6 nitrogen and oxygen atoms in total. The van der Waals surface area contributed by atoms with Gasteiger partial charge in [-0.15, -0.1) is 5.10 Å². The lowest BCUT2D eigenvalue weighted by Crippen LogP contribution is -2.48. The molecule has 0 unspecified atom stereocenters. The van der Waals surface area contributed by atoms with Crippen molar-refractivity contribution in [2.75, 3.05) is 13.7 Å². The predicted octanol–water partition coefficient (Wildman–Crippen LogP) is 0.525. The smallest absolute Gasteiger partial charge is 0.293 e. The Morgan fingerprint density at radius 1 is 1.59 bits per heavy atom. The molecule has 1 saturated carbocycles. The lowest BCUT2D eigenvalue weighted by Gasteiger charge is -2.32. The van der Waals surface area contributed by atoms with Crippen molar-refractivity contribution in [2.24, 2.45) is 0 Å². The summed E-state index contributed by atoms with van der Waals surface area (Å²) in [5, 5.41) is 16.0. The number of aromatic amines is 1. The third-order valence-corrected chi connectivity index (χ3v) is 3.26. The van der Waals surface area contributed by atoms with Gasteiger partial charge < -0.3 is 10.0 Å². The van der Waals surface area contributed by atoms with E-state index in [0.717, 1.165) is 18.7 Å². The van der Waals surface area contributed by atoms with Crippen molar-refractivity contribution in [2.45, 2.75) is 38.1 Å². The Kier molecular flexibility index (Phi) is 2.91. The number of carbonyl (C=O) groups is 1. The summed E-state index contributed by atoms with van der Waals surface area (Å²) in [6.07, 6.45) is 2.22. The van der Waals surface area contributed by atoms with Crippen LogP contribution in [0.15, 0.2) is 0 Å². The van der Waals surface area contributed by atoms with Gasteiger partial charge in [-0.3, -0.25) is 9.89 Å². The van der Waals surface area contributed by atoms with E-state index in [1.54, 1.807) is 20.9 Å². The molecule has 0 atom stereocenters. The number of carbonyl (C=O) groups excluding carboxylic acids is 1. The maximum Gasteiger partial charge on any atom is 0.293 e. The number of hydrogen-bond acceptors (Lipinski definition) is 4. The molecule has 0 saturated heterocycles. The number of aliphatic hydroxyl groups excluding tert-OH is 1. The number of aromatic nitrogens is 3. The molecule has 1 aromatic heterocycles. The number of nitrogens with one attached hydrogen (secondary N) is 1. The summed E-state index contributed by atoms with van der Waals surface area (Å²) in [5.41, 5.74) is -0.614. The first kappa shape index (κ1) is 12.0. The van der Waals surface area contributed by atoms with Crippen molar-refractivity contribution in [3.63, 3.8) is 0 Å². The molecule has 6 heteroatoms. The van der Waals surface area contributed by atoms with Crippen LogP contribution in [0.4, 0.5) is 0 Å². The number of H-pyrrole nitrogens is 1. The molecule has 0 aromatic carbocycles. The van der Waals surface area contributed by atoms with E-state index in [-0.39, 0.29) is 18.3 Å². The SMILES string of the molecule is CN(C(=O)c1n[nH]c(C2CC2)n1)C(C)(C)CO. The Balaban J connectivity index is 2.12. The second kappa shape index (κ2) is 4.10. The summed E-state index contributed by atoms with van der Waals surface area (Å²) < 4.78 is 0. The van der Waals surface area contributed by atoms with E-state index in [1.807, 2.05) is 0 Å². The van der Waals surface area contributed by atoms with E-state index in [2.05, 4.69) is 15.2 Å². The molecule has 1 aliphatic carbocycles. The lowest BCUT2D eigenvalue weighted by atomic mass is 10.1. The summed E-state index contributed by atoms with van der Waals surface area (Å²) in [6, 6.07) is 0. The van der Waals surface area contributed by atoms with Gasteiger partial charge >= 0.3 is 0 Å². The second-order valence-electron chi connectivity index (χ2n) is 5.15. The fourth-order valence-electron chi connectivity index (χ4n) is 1.44. The largest absolute Gasteiger partial charge is 0.394 e. The van der Waals surface area contributed by atoms with Crippen LogP contribution in [0.3, 0.4) is 0 Å². The number of amides is 1. The molecule has 1 heterocycles. The Hall–Kier alpha value is -1.43. The molecule has 17 heavy (non-hydrogen) atoms. The van der Waals surface area contributed by atoms with Gasteiger partial charge in [0.25, 0.3) is 5.91 Å². The zero-order valence-corrected chi connectivity index (χ0v) is 10.4. The maximum absolute atomic E-state index is 12.1. The van der Waals surface area contributed by atoms with Crippen LogP contribution < -0.4 is 0 Å². The normalized spacial score (nSPS) is 16.0. The molecule has 0 aliphatic heterocycles. The minimum Gasteiger partial charge on any atom is -0.394 e. The van der Waals surface area contributed by atoms with Gasteiger partial charge in [0.1, 0.15) is 5.82 Å². The van der Waals surface area contributed by atoms with Gasteiger partial charge in [0, 0.05) is 13.0 Å². The number of aliphatic hydroxyl groups is 1. The highest BCUT2D eigenvalue weighted by Gasteiger charge is 2.32. The fraction of sp³-hybridized carbons (Fsp3) is 0.727. The molecule has 94 valence electrons. The van der Waals surface area contributed by atoms with Crippen molar-refractivity contribution in [3.8, 4) is 0 Å². The van der Waals surface area contributed by atoms with E-state index in [9.17, 15) is 9.90 Å². The van der Waals surface area contributed by atoms with Crippen molar-refractivity contribution in [1.29, 1.82) is 0 Å². The second-order valence-corrected chi connectivity index (χ2v) is 5.15. The molecule has 1 amide bonds.